The smallest absolute Gasteiger partial charge is 0.260 e. The van der Waals surface area contributed by atoms with Gasteiger partial charge in [-0.25, -0.2) is 4.98 Å². The molecule has 6 heteroatoms. The standard InChI is InChI=1S/C22H27N3O2S/c1-15-10-11-16(2)17(14-15)21(26)25(13-7-12-24(3)4)22-23-20-18(27-5)8-6-9-19(20)28-22/h6,8-11,14H,7,12-13H2,1-5H3/p+1. The lowest BCUT2D eigenvalue weighted by Gasteiger charge is -2.21. The average molecular weight is 399 g/mol. The Bertz CT molecular complexity index is 981. The number of rotatable bonds is 7. The van der Waals surface area contributed by atoms with E-state index >= 15 is 0 Å². The molecule has 1 amide bonds. The van der Waals surface area contributed by atoms with Gasteiger partial charge in [0.1, 0.15) is 11.3 Å². The van der Waals surface area contributed by atoms with Gasteiger partial charge in [-0.05, 0) is 37.6 Å². The first-order valence-electron chi connectivity index (χ1n) is 9.52. The van der Waals surface area contributed by atoms with E-state index in [-0.39, 0.29) is 5.91 Å². The van der Waals surface area contributed by atoms with E-state index in [0.29, 0.717) is 6.54 Å². The number of nitrogens with one attached hydrogen (secondary N) is 1. The highest BCUT2D eigenvalue weighted by molar-refractivity contribution is 7.22. The molecule has 0 spiro atoms. The van der Waals surface area contributed by atoms with Crippen LogP contribution in [0.25, 0.3) is 10.2 Å². The van der Waals surface area contributed by atoms with Crippen LogP contribution in [-0.2, 0) is 0 Å². The molecule has 2 aromatic carbocycles. The van der Waals surface area contributed by atoms with E-state index < -0.39 is 0 Å². The van der Waals surface area contributed by atoms with Crippen molar-refractivity contribution in [2.75, 3.05) is 39.2 Å². The fourth-order valence-corrected chi connectivity index (χ4v) is 4.19. The summed E-state index contributed by atoms with van der Waals surface area (Å²) in [6.07, 6.45) is 0.909. The summed E-state index contributed by atoms with van der Waals surface area (Å²) in [5.74, 6) is 0.741. The zero-order valence-electron chi connectivity index (χ0n) is 17.2. The molecule has 3 aromatic rings. The number of carbonyl (C=O) groups is 1. The summed E-state index contributed by atoms with van der Waals surface area (Å²) in [6, 6.07) is 11.9. The van der Waals surface area contributed by atoms with E-state index in [2.05, 4.69) is 14.1 Å². The van der Waals surface area contributed by atoms with Gasteiger partial charge < -0.3 is 9.64 Å². The van der Waals surface area contributed by atoms with Crippen molar-refractivity contribution in [3.63, 3.8) is 0 Å². The topological polar surface area (TPSA) is 46.9 Å². The second-order valence-electron chi connectivity index (χ2n) is 7.39. The van der Waals surface area contributed by atoms with Crippen molar-refractivity contribution < 1.29 is 14.4 Å². The summed E-state index contributed by atoms with van der Waals surface area (Å²) in [5.41, 5.74) is 3.61. The van der Waals surface area contributed by atoms with Crippen LogP contribution >= 0.6 is 11.3 Å². The van der Waals surface area contributed by atoms with Gasteiger partial charge in [0.25, 0.3) is 5.91 Å². The Kier molecular flexibility index (Phi) is 6.31. The van der Waals surface area contributed by atoms with E-state index in [1.807, 2.05) is 55.1 Å². The van der Waals surface area contributed by atoms with Gasteiger partial charge in [0.2, 0.25) is 0 Å². The summed E-state index contributed by atoms with van der Waals surface area (Å²) in [7, 11) is 5.89. The Balaban J connectivity index is 2.01. The number of hydrogen-bond donors (Lipinski definition) is 1. The molecular formula is C22H28N3O2S+. The quantitative estimate of drug-likeness (QED) is 0.665. The summed E-state index contributed by atoms with van der Waals surface area (Å²) < 4.78 is 6.47. The van der Waals surface area contributed by atoms with E-state index in [1.54, 1.807) is 7.11 Å². The fourth-order valence-electron chi connectivity index (χ4n) is 3.18. The van der Waals surface area contributed by atoms with Crippen molar-refractivity contribution in [3.8, 4) is 5.75 Å². The number of para-hydroxylation sites is 1. The number of aryl methyl sites for hydroxylation is 2. The molecule has 0 atom stereocenters. The summed E-state index contributed by atoms with van der Waals surface area (Å²) >= 11 is 1.53. The van der Waals surface area contributed by atoms with Gasteiger partial charge in [0.05, 0.1) is 32.4 Å². The first-order valence-corrected chi connectivity index (χ1v) is 10.3. The minimum absolute atomic E-state index is 0.00739. The average Bonchev–Trinajstić information content (AvgIpc) is 3.10. The molecule has 1 aromatic heterocycles. The maximum absolute atomic E-state index is 13.5. The molecule has 148 valence electrons. The molecule has 3 rings (SSSR count). The van der Waals surface area contributed by atoms with Crippen molar-refractivity contribution >= 4 is 32.6 Å². The van der Waals surface area contributed by atoms with Gasteiger partial charge >= 0.3 is 0 Å². The SMILES string of the molecule is COc1cccc2sc(N(CCC[NH+](C)C)C(=O)c3cc(C)ccc3C)nc12. The van der Waals surface area contributed by atoms with Crippen LogP contribution in [0, 0.1) is 13.8 Å². The van der Waals surface area contributed by atoms with Crippen LogP contribution in [0.4, 0.5) is 5.13 Å². The number of thiazole rings is 1. The number of benzene rings is 2. The second kappa shape index (κ2) is 8.71. The molecule has 1 heterocycles. The van der Waals surface area contributed by atoms with Gasteiger partial charge in [0, 0.05) is 18.5 Å². The van der Waals surface area contributed by atoms with Crippen LogP contribution in [0.15, 0.2) is 36.4 Å². The normalized spacial score (nSPS) is 11.2. The number of carbonyl (C=O) groups excluding carboxylic acids is 1. The molecule has 0 aliphatic rings. The lowest BCUT2D eigenvalue weighted by Crippen LogP contribution is -3.05. The zero-order chi connectivity index (χ0) is 20.3. The molecule has 0 fully saturated rings. The first kappa shape index (κ1) is 20.3. The number of anilines is 1. The second-order valence-corrected chi connectivity index (χ2v) is 8.40. The predicted octanol–water partition coefficient (Wildman–Crippen LogP) is 3.10. The molecule has 0 saturated heterocycles. The van der Waals surface area contributed by atoms with Gasteiger partial charge in [-0.2, -0.15) is 0 Å². The fraction of sp³-hybridized carbons (Fsp3) is 0.364. The Labute approximate surface area is 170 Å². The van der Waals surface area contributed by atoms with Gasteiger partial charge in [-0.15, -0.1) is 0 Å². The summed E-state index contributed by atoms with van der Waals surface area (Å²) in [5, 5.41) is 0.721. The summed E-state index contributed by atoms with van der Waals surface area (Å²) in [4.78, 5) is 21.4. The molecule has 1 N–H and O–H groups in total. The first-order chi connectivity index (χ1) is 13.4. The number of quaternary nitrogens is 1. The van der Waals surface area contributed by atoms with Crippen LogP contribution in [0.3, 0.4) is 0 Å². The van der Waals surface area contributed by atoms with Crippen molar-refractivity contribution in [3.05, 3.63) is 53.1 Å². The van der Waals surface area contributed by atoms with Crippen LogP contribution in [0.2, 0.25) is 0 Å². The third-order valence-corrected chi connectivity index (χ3v) is 5.79. The number of aromatic nitrogens is 1. The number of methoxy groups -OCH3 is 1. The van der Waals surface area contributed by atoms with Crippen LogP contribution in [0.1, 0.15) is 27.9 Å². The molecule has 0 aliphatic carbocycles. The highest BCUT2D eigenvalue weighted by Crippen LogP contribution is 2.34. The third kappa shape index (κ3) is 4.34. The van der Waals surface area contributed by atoms with Gasteiger partial charge in [0.15, 0.2) is 5.13 Å². The number of amides is 1. The van der Waals surface area contributed by atoms with Crippen molar-refractivity contribution in [2.45, 2.75) is 20.3 Å². The van der Waals surface area contributed by atoms with Crippen LogP contribution in [0.5, 0.6) is 5.75 Å². The van der Waals surface area contributed by atoms with E-state index in [9.17, 15) is 4.79 Å². The van der Waals surface area contributed by atoms with Crippen LogP contribution < -0.4 is 14.5 Å². The van der Waals surface area contributed by atoms with Crippen LogP contribution in [-0.4, -0.2) is 45.2 Å². The monoisotopic (exact) mass is 398 g/mol. The molecular weight excluding hydrogens is 370 g/mol. The number of nitrogens with zero attached hydrogens (tertiary/aromatic N) is 2. The van der Waals surface area contributed by atoms with Gasteiger partial charge in [-0.1, -0.05) is 35.1 Å². The maximum Gasteiger partial charge on any atom is 0.260 e. The highest BCUT2D eigenvalue weighted by atomic mass is 32.1. The van der Waals surface area contributed by atoms with Crippen molar-refractivity contribution in [1.29, 1.82) is 0 Å². The van der Waals surface area contributed by atoms with Gasteiger partial charge in [-0.3, -0.25) is 9.69 Å². The lowest BCUT2D eigenvalue weighted by molar-refractivity contribution is -0.858. The number of fused-ring (bicyclic) bond motifs is 1. The summed E-state index contributed by atoms with van der Waals surface area (Å²) in [6.45, 7) is 5.62. The minimum Gasteiger partial charge on any atom is -0.494 e. The Morgan fingerprint density at radius 3 is 2.71 bits per heavy atom. The van der Waals surface area contributed by atoms with E-state index in [0.717, 1.165) is 50.8 Å². The lowest BCUT2D eigenvalue weighted by atomic mass is 10.0. The Morgan fingerprint density at radius 1 is 1.21 bits per heavy atom. The van der Waals surface area contributed by atoms with Crippen molar-refractivity contribution in [2.24, 2.45) is 0 Å². The molecule has 0 unspecified atom stereocenters. The highest BCUT2D eigenvalue weighted by Gasteiger charge is 2.23. The largest absolute Gasteiger partial charge is 0.494 e. The molecule has 0 bridgehead atoms. The van der Waals surface area contributed by atoms with E-state index in [1.165, 1.54) is 16.2 Å². The predicted molar refractivity (Wildman–Crippen MR) is 116 cm³/mol. The molecule has 0 saturated carbocycles. The zero-order valence-corrected chi connectivity index (χ0v) is 18.0. The Morgan fingerprint density at radius 2 is 2.00 bits per heavy atom. The Hall–Kier alpha value is -2.44. The molecule has 0 radical (unpaired) electrons. The maximum atomic E-state index is 13.5. The molecule has 28 heavy (non-hydrogen) atoms. The van der Waals surface area contributed by atoms with E-state index in [4.69, 9.17) is 9.72 Å². The number of ether oxygens (including phenoxy) is 1. The third-order valence-electron chi connectivity index (χ3n) is 4.75. The minimum atomic E-state index is 0.00739. The molecule has 5 nitrogen and oxygen atoms in total. The molecule has 0 aliphatic heterocycles. The van der Waals surface area contributed by atoms with Crippen molar-refractivity contribution in [1.82, 2.24) is 4.98 Å². The number of hydrogen-bond acceptors (Lipinski definition) is 4.